The van der Waals surface area contributed by atoms with Crippen LogP contribution in [0.4, 0.5) is 5.69 Å². The third kappa shape index (κ3) is 5.19. The van der Waals surface area contributed by atoms with Crippen molar-refractivity contribution in [1.29, 1.82) is 0 Å². The highest BCUT2D eigenvalue weighted by Gasteiger charge is 2.20. The number of anilines is 1. The molecule has 5 heteroatoms. The summed E-state index contributed by atoms with van der Waals surface area (Å²) in [7, 11) is 1.58. The topological polar surface area (TPSA) is 73.6 Å². The first-order chi connectivity index (χ1) is 9.53. The average Bonchev–Trinajstić information content (AvgIpc) is 2.47. The lowest BCUT2D eigenvalue weighted by atomic mass is 9.96. The molecule has 0 aliphatic heterocycles. The molecule has 0 fully saturated rings. The second-order valence-electron chi connectivity index (χ2n) is 4.84. The van der Waals surface area contributed by atoms with Crippen LogP contribution in [0.25, 0.3) is 0 Å². The maximum atomic E-state index is 11.8. The predicted octanol–water partition coefficient (Wildman–Crippen LogP) is 2.17. The summed E-state index contributed by atoms with van der Waals surface area (Å²) in [6.07, 6.45) is 1.64. The van der Waals surface area contributed by atoms with E-state index in [1.165, 1.54) is 0 Å². The summed E-state index contributed by atoms with van der Waals surface area (Å²) in [6, 6.07) is 7.18. The van der Waals surface area contributed by atoms with E-state index in [9.17, 15) is 4.79 Å². The van der Waals surface area contributed by atoms with E-state index in [4.69, 9.17) is 15.2 Å². The zero-order valence-electron chi connectivity index (χ0n) is 12.4. The van der Waals surface area contributed by atoms with Gasteiger partial charge in [0, 0.05) is 17.3 Å². The van der Waals surface area contributed by atoms with E-state index in [1.807, 2.05) is 26.0 Å². The fraction of sp³-hybridized carbons (Fsp3) is 0.533. The molecule has 112 valence electrons. The number of carbonyl (C=O) groups excluding carboxylic acids is 1. The Labute approximate surface area is 120 Å². The van der Waals surface area contributed by atoms with E-state index in [0.29, 0.717) is 18.0 Å². The number of amides is 1. The van der Waals surface area contributed by atoms with Gasteiger partial charge in [0.2, 0.25) is 5.91 Å². The van der Waals surface area contributed by atoms with Gasteiger partial charge in [-0.2, -0.15) is 0 Å². The third-order valence-electron chi connectivity index (χ3n) is 3.38. The van der Waals surface area contributed by atoms with Crippen molar-refractivity contribution in [1.82, 2.24) is 0 Å². The van der Waals surface area contributed by atoms with E-state index in [1.54, 1.807) is 19.2 Å². The minimum absolute atomic E-state index is 0.00381. The van der Waals surface area contributed by atoms with Gasteiger partial charge in [-0.05, 0) is 25.0 Å². The van der Waals surface area contributed by atoms with Crippen LogP contribution in [0.3, 0.4) is 0 Å². The van der Waals surface area contributed by atoms with Crippen molar-refractivity contribution >= 4 is 11.6 Å². The molecule has 0 saturated heterocycles. The van der Waals surface area contributed by atoms with E-state index < -0.39 is 0 Å². The molecule has 0 radical (unpaired) electrons. The Morgan fingerprint density at radius 1 is 1.35 bits per heavy atom. The number of methoxy groups -OCH3 is 1. The Bertz CT molecular complexity index is 431. The van der Waals surface area contributed by atoms with Crippen LogP contribution in [0.5, 0.6) is 5.75 Å². The zero-order chi connectivity index (χ0) is 15.0. The zero-order valence-corrected chi connectivity index (χ0v) is 12.4. The first-order valence-corrected chi connectivity index (χ1v) is 6.83. The van der Waals surface area contributed by atoms with Crippen molar-refractivity contribution in [3.05, 3.63) is 24.3 Å². The maximum absolute atomic E-state index is 11.8. The summed E-state index contributed by atoms with van der Waals surface area (Å²) in [5, 5.41) is 2.75. The van der Waals surface area contributed by atoms with Gasteiger partial charge in [0.15, 0.2) is 0 Å². The van der Waals surface area contributed by atoms with Gasteiger partial charge in [-0.1, -0.05) is 19.9 Å². The number of nitrogens with two attached hydrogens (primary N) is 1. The van der Waals surface area contributed by atoms with Crippen molar-refractivity contribution in [2.45, 2.75) is 32.2 Å². The molecule has 0 saturated carbocycles. The van der Waals surface area contributed by atoms with Gasteiger partial charge < -0.3 is 20.5 Å². The molecular formula is C15H24N2O3. The Morgan fingerprint density at radius 2 is 2.05 bits per heavy atom. The lowest BCUT2D eigenvalue weighted by Gasteiger charge is -2.26. The van der Waals surface area contributed by atoms with Crippen molar-refractivity contribution in [3.63, 3.8) is 0 Å². The normalized spacial score (nSPS) is 11.2. The highest BCUT2D eigenvalue weighted by molar-refractivity contribution is 5.91. The van der Waals surface area contributed by atoms with Crippen molar-refractivity contribution in [3.8, 4) is 5.75 Å². The maximum Gasteiger partial charge on any atom is 0.250 e. The van der Waals surface area contributed by atoms with Gasteiger partial charge in [0.05, 0.1) is 13.7 Å². The Kier molecular flexibility index (Phi) is 6.48. The second-order valence-corrected chi connectivity index (χ2v) is 4.84. The molecule has 0 atom stereocenters. The van der Waals surface area contributed by atoms with Crippen LogP contribution in [0.1, 0.15) is 26.7 Å². The highest BCUT2D eigenvalue weighted by atomic mass is 16.5. The molecule has 0 bridgehead atoms. The number of benzene rings is 1. The fourth-order valence-corrected chi connectivity index (χ4v) is 1.70. The molecular weight excluding hydrogens is 256 g/mol. The molecule has 0 heterocycles. The van der Waals surface area contributed by atoms with Crippen LogP contribution in [0.15, 0.2) is 24.3 Å². The number of ether oxygens (including phenoxy) is 2. The molecule has 0 aliphatic rings. The number of carbonyl (C=O) groups is 1. The van der Waals surface area contributed by atoms with Crippen LogP contribution in [0.2, 0.25) is 0 Å². The summed E-state index contributed by atoms with van der Waals surface area (Å²) in [6.45, 7) is 4.41. The molecule has 0 spiro atoms. The molecule has 0 aliphatic carbocycles. The lowest BCUT2D eigenvalue weighted by Crippen LogP contribution is -2.43. The largest absolute Gasteiger partial charge is 0.497 e. The average molecular weight is 280 g/mol. The first kappa shape index (κ1) is 16.5. The van der Waals surface area contributed by atoms with Gasteiger partial charge >= 0.3 is 0 Å². The SMILES string of the molecule is CCC(N)(CC)COCC(=O)Nc1cccc(OC)c1. The third-order valence-corrected chi connectivity index (χ3v) is 3.38. The van der Waals surface area contributed by atoms with Crippen LogP contribution in [0, 0.1) is 0 Å². The summed E-state index contributed by atoms with van der Waals surface area (Å²) < 4.78 is 10.5. The Balaban J connectivity index is 2.40. The van der Waals surface area contributed by atoms with Crippen LogP contribution in [-0.4, -0.2) is 31.8 Å². The van der Waals surface area contributed by atoms with Gasteiger partial charge in [-0.15, -0.1) is 0 Å². The van der Waals surface area contributed by atoms with Crippen molar-refractivity contribution in [2.24, 2.45) is 5.73 Å². The minimum atomic E-state index is -0.351. The van der Waals surface area contributed by atoms with Gasteiger partial charge in [-0.25, -0.2) is 0 Å². The minimum Gasteiger partial charge on any atom is -0.497 e. The van der Waals surface area contributed by atoms with Crippen molar-refractivity contribution < 1.29 is 14.3 Å². The molecule has 0 aromatic heterocycles. The van der Waals surface area contributed by atoms with E-state index in [0.717, 1.165) is 12.8 Å². The summed E-state index contributed by atoms with van der Waals surface area (Å²) in [5.41, 5.74) is 6.43. The van der Waals surface area contributed by atoms with Crippen molar-refractivity contribution in [2.75, 3.05) is 25.6 Å². The highest BCUT2D eigenvalue weighted by Crippen LogP contribution is 2.16. The van der Waals surface area contributed by atoms with Gasteiger partial charge in [0.25, 0.3) is 0 Å². The summed E-state index contributed by atoms with van der Waals surface area (Å²) in [5.74, 6) is 0.495. The Hall–Kier alpha value is -1.59. The molecule has 0 unspecified atom stereocenters. The van der Waals surface area contributed by atoms with E-state index in [2.05, 4.69) is 5.32 Å². The van der Waals surface area contributed by atoms with Crippen LogP contribution < -0.4 is 15.8 Å². The quantitative estimate of drug-likeness (QED) is 0.765. The fourth-order valence-electron chi connectivity index (χ4n) is 1.70. The van der Waals surface area contributed by atoms with Gasteiger partial charge in [-0.3, -0.25) is 4.79 Å². The standard InChI is InChI=1S/C15H24N2O3/c1-4-15(16,5-2)11-20-10-14(18)17-12-7-6-8-13(9-12)19-3/h6-9H,4-5,10-11,16H2,1-3H3,(H,17,18). The van der Waals surface area contributed by atoms with Crippen LogP contribution >= 0.6 is 0 Å². The number of nitrogens with one attached hydrogen (secondary N) is 1. The lowest BCUT2D eigenvalue weighted by molar-refractivity contribution is -0.121. The smallest absolute Gasteiger partial charge is 0.250 e. The molecule has 1 rings (SSSR count). The van der Waals surface area contributed by atoms with E-state index in [-0.39, 0.29) is 18.1 Å². The molecule has 1 amide bonds. The predicted molar refractivity (Wildman–Crippen MR) is 79.9 cm³/mol. The summed E-state index contributed by atoms with van der Waals surface area (Å²) in [4.78, 5) is 11.8. The summed E-state index contributed by atoms with van der Waals surface area (Å²) >= 11 is 0. The number of rotatable bonds is 8. The number of hydrogen-bond donors (Lipinski definition) is 2. The van der Waals surface area contributed by atoms with Crippen LogP contribution in [-0.2, 0) is 9.53 Å². The second kappa shape index (κ2) is 7.87. The molecule has 20 heavy (non-hydrogen) atoms. The number of hydrogen-bond acceptors (Lipinski definition) is 4. The molecule has 3 N–H and O–H groups in total. The Morgan fingerprint density at radius 3 is 2.65 bits per heavy atom. The molecule has 1 aromatic carbocycles. The molecule has 1 aromatic rings. The van der Waals surface area contributed by atoms with Gasteiger partial charge in [0.1, 0.15) is 12.4 Å². The monoisotopic (exact) mass is 280 g/mol. The first-order valence-electron chi connectivity index (χ1n) is 6.83. The van der Waals surface area contributed by atoms with E-state index >= 15 is 0 Å². The molecule has 5 nitrogen and oxygen atoms in total.